The molecule has 2 aromatic rings. The summed E-state index contributed by atoms with van der Waals surface area (Å²) in [5.41, 5.74) is 0.993. The summed E-state index contributed by atoms with van der Waals surface area (Å²) >= 11 is 1.18. The number of carbonyl (C=O) groups is 2. The second-order valence-corrected chi connectivity index (χ2v) is 9.43. The van der Waals surface area contributed by atoms with Gasteiger partial charge in [-0.2, -0.15) is 0 Å². The number of amides is 2. The monoisotopic (exact) mass is 437 g/mol. The summed E-state index contributed by atoms with van der Waals surface area (Å²) in [6, 6.07) is 9.30. The number of rotatable bonds is 6. The SMILES string of the molecule is CCOC(=O)c1ccc(NC(=O)N2CCC(NS(=O)(=O)c3cccs3)CC2)cc1. The van der Waals surface area contributed by atoms with Crippen LogP contribution in [0.2, 0.25) is 0 Å². The molecule has 0 radical (unpaired) electrons. The van der Waals surface area contributed by atoms with Crippen LogP contribution in [-0.2, 0) is 14.8 Å². The molecule has 8 nitrogen and oxygen atoms in total. The molecule has 1 aliphatic heterocycles. The van der Waals surface area contributed by atoms with Gasteiger partial charge >= 0.3 is 12.0 Å². The van der Waals surface area contributed by atoms with Crippen LogP contribution in [0.1, 0.15) is 30.1 Å². The lowest BCUT2D eigenvalue weighted by Crippen LogP contribution is -2.47. The third-order valence-corrected chi connectivity index (χ3v) is 7.43. The van der Waals surface area contributed by atoms with E-state index in [-0.39, 0.29) is 12.1 Å². The van der Waals surface area contributed by atoms with Crippen LogP contribution in [0.15, 0.2) is 46.0 Å². The first-order chi connectivity index (χ1) is 13.9. The predicted molar refractivity (Wildman–Crippen MR) is 111 cm³/mol. The van der Waals surface area contributed by atoms with Gasteiger partial charge in [-0.25, -0.2) is 22.7 Å². The number of benzene rings is 1. The molecule has 1 saturated heterocycles. The number of hydrogen-bond acceptors (Lipinski definition) is 6. The van der Waals surface area contributed by atoms with Crippen LogP contribution in [-0.4, -0.2) is 51.1 Å². The number of nitrogens with one attached hydrogen (secondary N) is 2. The van der Waals surface area contributed by atoms with Crippen LogP contribution in [0.25, 0.3) is 0 Å². The summed E-state index contributed by atoms with van der Waals surface area (Å²) in [4.78, 5) is 25.8. The summed E-state index contributed by atoms with van der Waals surface area (Å²) in [5.74, 6) is -0.405. The molecule has 2 N–H and O–H groups in total. The van der Waals surface area contributed by atoms with Crippen LogP contribution in [0.4, 0.5) is 10.5 Å². The van der Waals surface area contributed by atoms with Crippen LogP contribution >= 0.6 is 11.3 Å². The number of anilines is 1. The maximum absolute atomic E-state index is 12.5. The molecular weight excluding hydrogens is 414 g/mol. The van der Waals surface area contributed by atoms with Crippen molar-refractivity contribution in [3.05, 3.63) is 47.3 Å². The second-order valence-electron chi connectivity index (χ2n) is 6.54. The normalized spacial score (nSPS) is 15.1. The number of likely N-dealkylation sites (tertiary alicyclic amines) is 1. The standard InChI is InChI=1S/C19H23N3O5S2/c1-2-27-18(23)14-5-7-15(8-6-14)20-19(24)22-11-9-16(10-12-22)21-29(25,26)17-4-3-13-28-17/h3-8,13,16,21H,2,9-12H2,1H3,(H,20,24). The highest BCUT2D eigenvalue weighted by atomic mass is 32.2. The Morgan fingerprint density at radius 3 is 2.45 bits per heavy atom. The zero-order valence-corrected chi connectivity index (χ0v) is 17.6. The topological polar surface area (TPSA) is 105 Å². The molecular formula is C19H23N3O5S2. The van der Waals surface area contributed by atoms with E-state index in [0.717, 1.165) is 0 Å². The van der Waals surface area contributed by atoms with E-state index in [1.165, 1.54) is 11.3 Å². The van der Waals surface area contributed by atoms with Crippen molar-refractivity contribution >= 4 is 39.0 Å². The third-order valence-electron chi connectivity index (χ3n) is 4.51. The van der Waals surface area contributed by atoms with Gasteiger partial charge < -0.3 is 15.0 Å². The fourth-order valence-electron chi connectivity index (χ4n) is 3.00. The number of ether oxygens (including phenoxy) is 1. The van der Waals surface area contributed by atoms with Crippen molar-refractivity contribution in [3.8, 4) is 0 Å². The Morgan fingerprint density at radius 2 is 1.86 bits per heavy atom. The quantitative estimate of drug-likeness (QED) is 0.676. The van der Waals surface area contributed by atoms with E-state index in [0.29, 0.717) is 48.0 Å². The van der Waals surface area contributed by atoms with E-state index < -0.39 is 16.0 Å². The fourth-order valence-corrected chi connectivity index (χ4v) is 5.32. The average Bonchev–Trinajstić information content (AvgIpc) is 3.25. The molecule has 2 heterocycles. The van der Waals surface area contributed by atoms with Gasteiger partial charge in [0.05, 0.1) is 12.2 Å². The van der Waals surface area contributed by atoms with Gasteiger partial charge in [0, 0.05) is 24.8 Å². The van der Waals surface area contributed by atoms with E-state index in [2.05, 4.69) is 10.0 Å². The lowest BCUT2D eigenvalue weighted by atomic mass is 10.1. The zero-order valence-electron chi connectivity index (χ0n) is 16.0. The second kappa shape index (κ2) is 9.38. The summed E-state index contributed by atoms with van der Waals surface area (Å²) in [6.07, 6.45) is 1.08. The minimum absolute atomic E-state index is 0.199. The zero-order chi connectivity index (χ0) is 20.9. The largest absolute Gasteiger partial charge is 0.462 e. The van der Waals surface area contributed by atoms with Crippen molar-refractivity contribution in [2.45, 2.75) is 30.0 Å². The Bertz CT molecular complexity index is 935. The van der Waals surface area contributed by atoms with E-state index in [9.17, 15) is 18.0 Å². The van der Waals surface area contributed by atoms with Crippen LogP contribution in [0.5, 0.6) is 0 Å². The van der Waals surface area contributed by atoms with Crippen molar-refractivity contribution in [2.24, 2.45) is 0 Å². The lowest BCUT2D eigenvalue weighted by Gasteiger charge is -2.32. The van der Waals surface area contributed by atoms with Crippen LogP contribution < -0.4 is 10.0 Å². The van der Waals surface area contributed by atoms with Gasteiger partial charge in [-0.05, 0) is 55.5 Å². The Morgan fingerprint density at radius 1 is 1.17 bits per heavy atom. The average molecular weight is 438 g/mol. The molecule has 0 aliphatic carbocycles. The van der Waals surface area contributed by atoms with E-state index in [1.807, 2.05) is 0 Å². The molecule has 1 aromatic heterocycles. The molecule has 29 heavy (non-hydrogen) atoms. The van der Waals surface area contributed by atoms with Gasteiger partial charge in [-0.1, -0.05) is 6.07 Å². The van der Waals surface area contributed by atoms with Crippen molar-refractivity contribution in [1.82, 2.24) is 9.62 Å². The number of urea groups is 1. The molecule has 3 rings (SSSR count). The minimum atomic E-state index is -3.51. The smallest absolute Gasteiger partial charge is 0.338 e. The number of piperidine rings is 1. The third kappa shape index (κ3) is 5.55. The number of thiophene rings is 1. The summed E-state index contributed by atoms with van der Waals surface area (Å²) in [5, 5.41) is 4.52. The molecule has 1 fully saturated rings. The highest BCUT2D eigenvalue weighted by molar-refractivity contribution is 7.91. The molecule has 0 atom stereocenters. The predicted octanol–water partition coefficient (Wildman–Crippen LogP) is 2.90. The molecule has 2 amide bonds. The molecule has 0 bridgehead atoms. The Balaban J connectivity index is 1.49. The minimum Gasteiger partial charge on any atom is -0.462 e. The summed E-state index contributed by atoms with van der Waals surface area (Å²) in [6.45, 7) is 2.94. The number of sulfonamides is 1. The molecule has 0 unspecified atom stereocenters. The molecule has 1 aromatic carbocycles. The number of nitrogens with zero attached hydrogens (tertiary/aromatic N) is 1. The number of hydrogen-bond donors (Lipinski definition) is 2. The molecule has 156 valence electrons. The van der Waals surface area contributed by atoms with Crippen LogP contribution in [0, 0.1) is 0 Å². The summed E-state index contributed by atoms with van der Waals surface area (Å²) in [7, 11) is -3.51. The molecule has 1 aliphatic rings. The Hall–Kier alpha value is -2.43. The first-order valence-electron chi connectivity index (χ1n) is 9.28. The first kappa shape index (κ1) is 21.3. The number of carbonyl (C=O) groups excluding carboxylic acids is 2. The van der Waals surface area contributed by atoms with Crippen molar-refractivity contribution in [3.63, 3.8) is 0 Å². The number of esters is 1. The van der Waals surface area contributed by atoms with Gasteiger partial charge in [0.1, 0.15) is 4.21 Å². The van der Waals surface area contributed by atoms with Crippen molar-refractivity contribution in [2.75, 3.05) is 25.0 Å². The fraction of sp³-hybridized carbons (Fsp3) is 0.368. The van der Waals surface area contributed by atoms with Crippen molar-refractivity contribution in [1.29, 1.82) is 0 Å². The molecule has 10 heteroatoms. The molecule has 0 saturated carbocycles. The van der Waals surface area contributed by atoms with Gasteiger partial charge in [-0.3, -0.25) is 0 Å². The van der Waals surface area contributed by atoms with E-state index in [1.54, 1.807) is 53.6 Å². The Labute approximate surface area is 173 Å². The maximum Gasteiger partial charge on any atom is 0.338 e. The van der Waals surface area contributed by atoms with Crippen LogP contribution in [0.3, 0.4) is 0 Å². The van der Waals surface area contributed by atoms with E-state index in [4.69, 9.17) is 4.74 Å². The van der Waals surface area contributed by atoms with Gasteiger partial charge in [0.25, 0.3) is 0 Å². The van der Waals surface area contributed by atoms with Gasteiger partial charge in [0.15, 0.2) is 0 Å². The first-order valence-corrected chi connectivity index (χ1v) is 11.6. The Kier molecular flexibility index (Phi) is 6.88. The maximum atomic E-state index is 12.5. The van der Waals surface area contributed by atoms with Gasteiger partial charge in [-0.15, -0.1) is 11.3 Å². The highest BCUT2D eigenvalue weighted by Gasteiger charge is 2.27. The molecule has 0 spiro atoms. The lowest BCUT2D eigenvalue weighted by molar-refractivity contribution is 0.0526. The highest BCUT2D eigenvalue weighted by Crippen LogP contribution is 2.19. The van der Waals surface area contributed by atoms with E-state index >= 15 is 0 Å². The summed E-state index contributed by atoms with van der Waals surface area (Å²) < 4.78 is 32.6. The van der Waals surface area contributed by atoms with Gasteiger partial charge in [0.2, 0.25) is 10.0 Å². The van der Waals surface area contributed by atoms with Crippen molar-refractivity contribution < 1.29 is 22.7 Å².